The van der Waals surface area contributed by atoms with Crippen LogP contribution in [0, 0.1) is 11.2 Å². The highest BCUT2D eigenvalue weighted by Gasteiger charge is 2.35. The molecule has 0 aliphatic carbocycles. The number of amides is 1. The SMILES string of the molecule is CC1(CN)CCN(C(=O)c2cc(F)cc(Cl)c2)C1.Cl. The minimum Gasteiger partial charge on any atom is -0.338 e. The maximum Gasteiger partial charge on any atom is 0.254 e. The summed E-state index contributed by atoms with van der Waals surface area (Å²) in [5, 5.41) is 0.235. The van der Waals surface area contributed by atoms with E-state index in [1.54, 1.807) is 4.90 Å². The van der Waals surface area contributed by atoms with Crippen LogP contribution in [0.1, 0.15) is 23.7 Å². The summed E-state index contributed by atoms with van der Waals surface area (Å²) in [5.41, 5.74) is 5.96. The van der Waals surface area contributed by atoms with Gasteiger partial charge in [-0.25, -0.2) is 4.39 Å². The molecule has 1 aliphatic heterocycles. The highest BCUT2D eigenvalue weighted by molar-refractivity contribution is 6.31. The van der Waals surface area contributed by atoms with Crippen LogP contribution in [0.2, 0.25) is 5.02 Å². The van der Waals surface area contributed by atoms with Gasteiger partial charge in [0.1, 0.15) is 5.82 Å². The molecular formula is C13H17Cl2FN2O. The first kappa shape index (κ1) is 16.2. The molecule has 1 unspecified atom stereocenters. The van der Waals surface area contributed by atoms with Crippen LogP contribution >= 0.6 is 24.0 Å². The van der Waals surface area contributed by atoms with Gasteiger partial charge in [0, 0.05) is 23.7 Å². The van der Waals surface area contributed by atoms with E-state index in [1.165, 1.54) is 18.2 Å². The number of carbonyl (C=O) groups is 1. The van der Waals surface area contributed by atoms with Crippen molar-refractivity contribution in [3.8, 4) is 0 Å². The zero-order valence-electron chi connectivity index (χ0n) is 10.7. The van der Waals surface area contributed by atoms with Crippen LogP contribution < -0.4 is 5.73 Å². The average Bonchev–Trinajstić information content (AvgIpc) is 2.70. The molecule has 1 fully saturated rings. The summed E-state index contributed by atoms with van der Waals surface area (Å²) in [4.78, 5) is 13.9. The molecule has 6 heteroatoms. The zero-order valence-corrected chi connectivity index (χ0v) is 12.2. The second-order valence-corrected chi connectivity index (χ2v) is 5.59. The van der Waals surface area contributed by atoms with Gasteiger partial charge in [-0.2, -0.15) is 0 Å². The van der Waals surface area contributed by atoms with Crippen molar-refractivity contribution in [2.45, 2.75) is 13.3 Å². The number of hydrogen-bond acceptors (Lipinski definition) is 2. The molecule has 0 saturated carbocycles. The Hall–Kier alpha value is -0.840. The van der Waals surface area contributed by atoms with E-state index < -0.39 is 5.82 Å². The molecule has 19 heavy (non-hydrogen) atoms. The van der Waals surface area contributed by atoms with Crippen LogP contribution in [-0.2, 0) is 0 Å². The van der Waals surface area contributed by atoms with Gasteiger partial charge in [0.2, 0.25) is 0 Å². The lowest BCUT2D eigenvalue weighted by atomic mass is 9.90. The second kappa shape index (κ2) is 6.07. The molecule has 1 aromatic rings. The van der Waals surface area contributed by atoms with Crippen LogP contribution in [0.5, 0.6) is 0 Å². The van der Waals surface area contributed by atoms with E-state index in [0.29, 0.717) is 25.2 Å². The van der Waals surface area contributed by atoms with Crippen molar-refractivity contribution in [1.82, 2.24) is 4.90 Å². The molecule has 1 atom stereocenters. The minimum atomic E-state index is -0.494. The smallest absolute Gasteiger partial charge is 0.254 e. The van der Waals surface area contributed by atoms with E-state index in [4.69, 9.17) is 17.3 Å². The molecule has 2 N–H and O–H groups in total. The number of likely N-dealkylation sites (tertiary alicyclic amines) is 1. The summed E-state index contributed by atoms with van der Waals surface area (Å²) >= 11 is 5.75. The Balaban J connectivity index is 0.00000180. The summed E-state index contributed by atoms with van der Waals surface area (Å²) in [7, 11) is 0. The molecule has 2 rings (SSSR count). The Morgan fingerprint density at radius 3 is 2.74 bits per heavy atom. The predicted octanol–water partition coefficient (Wildman–Crippen LogP) is 2.71. The maximum absolute atomic E-state index is 13.2. The number of nitrogens with zero attached hydrogens (tertiary/aromatic N) is 1. The van der Waals surface area contributed by atoms with E-state index in [2.05, 4.69) is 6.92 Å². The van der Waals surface area contributed by atoms with Gasteiger partial charge < -0.3 is 10.6 Å². The summed E-state index contributed by atoms with van der Waals surface area (Å²) in [6.45, 7) is 3.86. The Morgan fingerprint density at radius 2 is 2.21 bits per heavy atom. The van der Waals surface area contributed by atoms with Crippen LogP contribution in [0.15, 0.2) is 18.2 Å². The third-order valence-corrected chi connectivity index (χ3v) is 3.67. The van der Waals surface area contributed by atoms with Crippen molar-refractivity contribution in [1.29, 1.82) is 0 Å². The first-order valence-corrected chi connectivity index (χ1v) is 6.27. The van der Waals surface area contributed by atoms with Gasteiger partial charge >= 0.3 is 0 Å². The van der Waals surface area contributed by atoms with Gasteiger partial charge in [0.25, 0.3) is 5.91 Å². The van der Waals surface area contributed by atoms with Gasteiger partial charge in [0.05, 0.1) is 0 Å². The first-order chi connectivity index (χ1) is 8.43. The van der Waals surface area contributed by atoms with Crippen molar-refractivity contribution < 1.29 is 9.18 Å². The summed E-state index contributed by atoms with van der Waals surface area (Å²) < 4.78 is 13.2. The monoisotopic (exact) mass is 306 g/mol. The van der Waals surface area contributed by atoms with E-state index in [1.807, 2.05) is 0 Å². The number of hydrogen-bond donors (Lipinski definition) is 1. The summed E-state index contributed by atoms with van der Waals surface area (Å²) in [6.07, 6.45) is 0.873. The lowest BCUT2D eigenvalue weighted by molar-refractivity contribution is 0.0776. The van der Waals surface area contributed by atoms with E-state index >= 15 is 0 Å². The van der Waals surface area contributed by atoms with Crippen LogP contribution in [0.25, 0.3) is 0 Å². The Morgan fingerprint density at radius 1 is 1.53 bits per heavy atom. The fraction of sp³-hybridized carbons (Fsp3) is 0.462. The number of benzene rings is 1. The topological polar surface area (TPSA) is 46.3 Å². The normalized spacial score (nSPS) is 22.2. The Kier molecular flexibility index (Phi) is 5.18. The summed E-state index contributed by atoms with van der Waals surface area (Å²) in [6, 6.07) is 3.89. The van der Waals surface area contributed by atoms with Crippen LogP contribution in [0.3, 0.4) is 0 Å². The van der Waals surface area contributed by atoms with Gasteiger partial charge in [-0.15, -0.1) is 12.4 Å². The molecule has 1 amide bonds. The minimum absolute atomic E-state index is 0. The average molecular weight is 307 g/mol. The molecule has 106 valence electrons. The maximum atomic E-state index is 13.2. The zero-order chi connectivity index (χ0) is 13.3. The van der Waals surface area contributed by atoms with E-state index in [-0.39, 0.29) is 28.8 Å². The molecule has 0 radical (unpaired) electrons. The van der Waals surface area contributed by atoms with Gasteiger partial charge in [-0.05, 0) is 36.6 Å². The van der Waals surface area contributed by atoms with Crippen LogP contribution in [0.4, 0.5) is 4.39 Å². The second-order valence-electron chi connectivity index (χ2n) is 5.15. The standard InChI is InChI=1S/C13H16ClFN2O.ClH/c1-13(7-16)2-3-17(8-13)12(18)9-4-10(14)6-11(15)5-9;/h4-6H,2-3,7-8,16H2,1H3;1H. The molecule has 1 aromatic carbocycles. The molecule has 1 heterocycles. The van der Waals surface area contributed by atoms with Gasteiger partial charge in [-0.1, -0.05) is 18.5 Å². The number of carbonyl (C=O) groups excluding carboxylic acids is 1. The fourth-order valence-corrected chi connectivity index (χ4v) is 2.45. The lowest BCUT2D eigenvalue weighted by Gasteiger charge is -2.22. The first-order valence-electron chi connectivity index (χ1n) is 5.89. The molecule has 0 aromatic heterocycles. The molecule has 3 nitrogen and oxygen atoms in total. The van der Waals surface area contributed by atoms with Crippen LogP contribution in [-0.4, -0.2) is 30.4 Å². The van der Waals surface area contributed by atoms with E-state index in [9.17, 15) is 9.18 Å². The molecule has 0 bridgehead atoms. The Labute approximate surface area is 123 Å². The molecule has 1 aliphatic rings. The predicted molar refractivity (Wildman–Crippen MR) is 76.3 cm³/mol. The molecule has 1 saturated heterocycles. The largest absolute Gasteiger partial charge is 0.338 e. The fourth-order valence-electron chi connectivity index (χ4n) is 2.22. The third-order valence-electron chi connectivity index (χ3n) is 3.45. The highest BCUT2D eigenvalue weighted by atomic mass is 35.5. The van der Waals surface area contributed by atoms with Gasteiger partial charge in [0.15, 0.2) is 0 Å². The lowest BCUT2D eigenvalue weighted by Crippen LogP contribution is -2.34. The van der Waals surface area contributed by atoms with Crippen molar-refractivity contribution in [3.05, 3.63) is 34.6 Å². The Bertz CT molecular complexity index is 463. The summed E-state index contributed by atoms with van der Waals surface area (Å²) in [5.74, 6) is -0.680. The van der Waals surface area contributed by atoms with Crippen molar-refractivity contribution >= 4 is 29.9 Å². The van der Waals surface area contributed by atoms with Crippen molar-refractivity contribution in [3.63, 3.8) is 0 Å². The molecular weight excluding hydrogens is 290 g/mol. The van der Waals surface area contributed by atoms with Crippen molar-refractivity contribution in [2.24, 2.45) is 11.1 Å². The number of nitrogens with two attached hydrogens (primary N) is 1. The highest BCUT2D eigenvalue weighted by Crippen LogP contribution is 2.29. The molecule has 0 spiro atoms. The quantitative estimate of drug-likeness (QED) is 0.913. The number of rotatable bonds is 2. The van der Waals surface area contributed by atoms with Crippen molar-refractivity contribution in [2.75, 3.05) is 19.6 Å². The van der Waals surface area contributed by atoms with Gasteiger partial charge in [-0.3, -0.25) is 4.79 Å². The number of halogens is 3. The van der Waals surface area contributed by atoms with E-state index in [0.717, 1.165) is 6.42 Å². The third kappa shape index (κ3) is 3.59.